The molecule has 0 spiro atoms. The molecular weight excluding hydrogens is 668 g/mol. The molecule has 5 heterocycles. The Morgan fingerprint density at radius 1 is 1.04 bits per heavy atom. The second kappa shape index (κ2) is 13.6. The number of nitrogens with zero attached hydrogens (tertiary/aromatic N) is 5. The summed E-state index contributed by atoms with van der Waals surface area (Å²) in [6.45, 7) is 5.74. The predicted molar refractivity (Wildman–Crippen MR) is 194 cm³/mol. The molecule has 2 N–H and O–H groups in total. The molecule has 4 fully saturated rings. The number of aliphatic hydroxyl groups is 1. The standard InChI is InChI=1S/C40H45F2N5O5/c1-4-27-29(41)12-11-24-19-25(48)20-28(31(24)27)34-33(42)35-32(37(43-34)50-3)36(47-17-7-13-39(2,49)22-47)45-38(44-35)52-23-40-14-5-10-30(40)46(16-8-15-40)21-26-9-6-18-51-26/h1,11-12,19-20,26,30,48-49H,5-10,13-18,21-23H2,2-3H3/t26-,30+,39+,40+/m0/s1. The van der Waals surface area contributed by atoms with Gasteiger partial charge in [0.05, 0.1) is 31.0 Å². The van der Waals surface area contributed by atoms with Crippen LogP contribution in [0.15, 0.2) is 24.3 Å². The Morgan fingerprint density at radius 3 is 2.63 bits per heavy atom. The van der Waals surface area contributed by atoms with Crippen LogP contribution >= 0.6 is 0 Å². The highest BCUT2D eigenvalue weighted by Crippen LogP contribution is 2.49. The molecule has 1 saturated carbocycles. The van der Waals surface area contributed by atoms with Crippen molar-refractivity contribution in [2.45, 2.75) is 82.5 Å². The number of hydrogen-bond donors (Lipinski definition) is 2. The molecule has 0 unspecified atom stereocenters. The lowest BCUT2D eigenvalue weighted by Gasteiger charge is -2.46. The summed E-state index contributed by atoms with van der Waals surface area (Å²) in [6.07, 6.45) is 14.8. The van der Waals surface area contributed by atoms with Crippen molar-refractivity contribution in [1.82, 2.24) is 19.9 Å². The van der Waals surface area contributed by atoms with Gasteiger partial charge in [0.25, 0.3) is 0 Å². The van der Waals surface area contributed by atoms with Crippen molar-refractivity contribution in [3.05, 3.63) is 41.5 Å². The third-order valence-corrected chi connectivity index (χ3v) is 11.7. The summed E-state index contributed by atoms with van der Waals surface area (Å²) < 4.78 is 50.6. The summed E-state index contributed by atoms with van der Waals surface area (Å²) in [6, 6.07) is 5.79. The Labute approximate surface area is 302 Å². The fourth-order valence-corrected chi connectivity index (χ4v) is 9.37. The van der Waals surface area contributed by atoms with E-state index in [1.165, 1.54) is 31.4 Å². The zero-order chi connectivity index (χ0) is 36.2. The first kappa shape index (κ1) is 34.8. The number of methoxy groups -OCH3 is 1. The number of rotatable bonds is 8. The molecule has 1 aliphatic carbocycles. The molecule has 0 bridgehead atoms. The number of fused-ring (bicyclic) bond motifs is 3. The molecular formula is C40H45F2N5O5. The first-order chi connectivity index (χ1) is 25.1. The van der Waals surface area contributed by atoms with E-state index >= 15 is 8.78 Å². The summed E-state index contributed by atoms with van der Waals surface area (Å²) in [5.74, 6) is 1.09. The molecule has 2 aromatic carbocycles. The number of β-amino-alcohol motifs (C(OH)–C–C–N with tert-alkyl or cyclic N) is 1. The second-order valence-electron chi connectivity index (χ2n) is 15.3. The summed E-state index contributed by atoms with van der Waals surface area (Å²) in [5.41, 5.74) is -1.42. The monoisotopic (exact) mass is 713 g/mol. The Morgan fingerprint density at radius 2 is 1.87 bits per heavy atom. The summed E-state index contributed by atoms with van der Waals surface area (Å²) in [4.78, 5) is 18.7. The Hall–Kier alpha value is -4.31. The van der Waals surface area contributed by atoms with Crippen molar-refractivity contribution in [2.24, 2.45) is 5.41 Å². The SMILES string of the molecule is C#Cc1c(F)ccc2cc(O)cc(-c3nc(OC)c4c(N5CCC[C@@](C)(O)C5)nc(OC[C@]56CCC[C@H]5N(C[C@@H]5CCCO5)CCC6)nc4c3F)c12. The molecule has 8 rings (SSSR count). The van der Waals surface area contributed by atoms with Crippen LogP contribution in [0.2, 0.25) is 0 Å². The number of likely N-dealkylation sites (tertiary alicyclic amines) is 1. The van der Waals surface area contributed by atoms with Crippen LogP contribution in [0.5, 0.6) is 17.6 Å². The minimum absolute atomic E-state index is 0.0122. The fraction of sp³-hybridized carbons (Fsp3) is 0.525. The van der Waals surface area contributed by atoms with Crippen LogP contribution in [0, 0.1) is 29.4 Å². The highest BCUT2D eigenvalue weighted by Gasteiger charge is 2.49. The molecule has 12 heteroatoms. The lowest BCUT2D eigenvalue weighted by atomic mass is 9.75. The minimum Gasteiger partial charge on any atom is -0.508 e. The number of aromatic nitrogens is 3. The lowest BCUT2D eigenvalue weighted by molar-refractivity contribution is -0.0252. The van der Waals surface area contributed by atoms with E-state index in [1.807, 2.05) is 4.90 Å². The van der Waals surface area contributed by atoms with Gasteiger partial charge in [-0.15, -0.1) is 6.42 Å². The van der Waals surface area contributed by atoms with Crippen LogP contribution in [0.1, 0.15) is 70.3 Å². The van der Waals surface area contributed by atoms with Crippen molar-refractivity contribution in [1.29, 1.82) is 0 Å². The molecule has 4 atom stereocenters. The zero-order valence-corrected chi connectivity index (χ0v) is 29.8. The molecule has 3 aliphatic heterocycles. The number of pyridine rings is 1. The van der Waals surface area contributed by atoms with Gasteiger partial charge in [-0.05, 0) is 88.4 Å². The van der Waals surface area contributed by atoms with Gasteiger partial charge in [0, 0.05) is 48.6 Å². The predicted octanol–water partition coefficient (Wildman–Crippen LogP) is 6.36. The number of halogens is 2. The van der Waals surface area contributed by atoms with Gasteiger partial charge in [-0.1, -0.05) is 18.4 Å². The van der Waals surface area contributed by atoms with Gasteiger partial charge in [-0.25, -0.2) is 13.8 Å². The average molecular weight is 714 g/mol. The molecule has 4 aliphatic rings. The maximum absolute atomic E-state index is 17.2. The molecule has 4 aromatic rings. The van der Waals surface area contributed by atoms with E-state index in [4.69, 9.17) is 30.6 Å². The summed E-state index contributed by atoms with van der Waals surface area (Å²) >= 11 is 0. The maximum Gasteiger partial charge on any atom is 0.319 e. The fourth-order valence-electron chi connectivity index (χ4n) is 9.37. The largest absolute Gasteiger partial charge is 0.508 e. The van der Waals surface area contributed by atoms with E-state index in [1.54, 1.807) is 6.92 Å². The number of aromatic hydroxyl groups is 1. The number of phenols is 1. The normalized spacial score (nSPS) is 26.5. The van der Waals surface area contributed by atoms with Crippen LogP contribution in [0.25, 0.3) is 32.9 Å². The molecule has 3 saturated heterocycles. The Kier molecular flexibility index (Phi) is 9.08. The zero-order valence-electron chi connectivity index (χ0n) is 29.8. The van der Waals surface area contributed by atoms with Crippen LogP contribution in [0.4, 0.5) is 14.6 Å². The number of terminal acetylenes is 1. The van der Waals surface area contributed by atoms with Crippen molar-refractivity contribution in [2.75, 3.05) is 51.4 Å². The topological polar surface area (TPSA) is 113 Å². The van der Waals surface area contributed by atoms with Crippen molar-refractivity contribution in [3.63, 3.8) is 0 Å². The number of hydrogen-bond acceptors (Lipinski definition) is 10. The number of anilines is 1. The van der Waals surface area contributed by atoms with Crippen LogP contribution in [0.3, 0.4) is 0 Å². The third kappa shape index (κ3) is 6.16. The van der Waals surface area contributed by atoms with E-state index < -0.39 is 17.2 Å². The van der Waals surface area contributed by atoms with E-state index in [-0.39, 0.29) is 68.8 Å². The lowest BCUT2D eigenvalue weighted by Crippen LogP contribution is -2.53. The van der Waals surface area contributed by atoms with Crippen LogP contribution in [-0.2, 0) is 4.74 Å². The van der Waals surface area contributed by atoms with Gasteiger partial charge in [-0.3, -0.25) is 4.90 Å². The van der Waals surface area contributed by atoms with Crippen molar-refractivity contribution in [3.8, 4) is 41.2 Å². The van der Waals surface area contributed by atoms with E-state index in [0.29, 0.717) is 43.2 Å². The first-order valence-corrected chi connectivity index (χ1v) is 18.4. The number of piperidine rings is 2. The van der Waals surface area contributed by atoms with Gasteiger partial charge in [0.15, 0.2) is 5.82 Å². The van der Waals surface area contributed by atoms with Gasteiger partial charge >= 0.3 is 6.01 Å². The molecule has 10 nitrogen and oxygen atoms in total. The highest BCUT2D eigenvalue weighted by atomic mass is 19.1. The Balaban J connectivity index is 1.25. The summed E-state index contributed by atoms with van der Waals surface area (Å²) in [7, 11) is 1.42. The smallest absolute Gasteiger partial charge is 0.319 e. The maximum atomic E-state index is 17.2. The molecule has 274 valence electrons. The Bertz CT molecular complexity index is 2060. The van der Waals surface area contributed by atoms with Crippen molar-refractivity contribution >= 4 is 27.5 Å². The van der Waals surface area contributed by atoms with Crippen molar-refractivity contribution < 1.29 is 33.2 Å². The van der Waals surface area contributed by atoms with Gasteiger partial charge in [0.1, 0.15) is 34.0 Å². The minimum atomic E-state index is -1.00. The number of phenolic OH excluding ortho intramolecular Hbond substituents is 1. The summed E-state index contributed by atoms with van der Waals surface area (Å²) in [5, 5.41) is 22.7. The first-order valence-electron chi connectivity index (χ1n) is 18.4. The van der Waals surface area contributed by atoms with Crippen LogP contribution < -0.4 is 14.4 Å². The highest BCUT2D eigenvalue weighted by molar-refractivity contribution is 6.04. The molecule has 2 aromatic heterocycles. The van der Waals surface area contributed by atoms with Gasteiger partial charge < -0.3 is 29.3 Å². The number of ether oxygens (including phenoxy) is 3. The molecule has 52 heavy (non-hydrogen) atoms. The number of benzene rings is 2. The molecule has 0 amide bonds. The quantitative estimate of drug-likeness (QED) is 0.200. The molecule has 0 radical (unpaired) electrons. The third-order valence-electron chi connectivity index (χ3n) is 11.7. The van der Waals surface area contributed by atoms with E-state index in [9.17, 15) is 10.2 Å². The average Bonchev–Trinajstić information content (AvgIpc) is 3.81. The van der Waals surface area contributed by atoms with E-state index in [2.05, 4.69) is 15.8 Å². The van der Waals surface area contributed by atoms with E-state index in [0.717, 1.165) is 64.6 Å². The van der Waals surface area contributed by atoms with Gasteiger partial charge in [-0.2, -0.15) is 9.97 Å². The van der Waals surface area contributed by atoms with Gasteiger partial charge in [0.2, 0.25) is 5.88 Å². The second-order valence-corrected chi connectivity index (χ2v) is 15.3. The van der Waals surface area contributed by atoms with Crippen LogP contribution in [-0.4, -0.2) is 94.3 Å².